The first-order chi connectivity index (χ1) is 9.19. The summed E-state index contributed by atoms with van der Waals surface area (Å²) in [5.74, 6) is -0.757. The highest BCUT2D eigenvalue weighted by Gasteiger charge is 2.37. The van der Waals surface area contributed by atoms with E-state index in [9.17, 15) is 9.18 Å². The largest absolute Gasteiger partial charge is 0.311 e. The Balaban J connectivity index is 1.89. The highest BCUT2D eigenvalue weighted by Crippen LogP contribution is 2.33. The van der Waals surface area contributed by atoms with Gasteiger partial charge in [0.2, 0.25) is 0 Å². The van der Waals surface area contributed by atoms with E-state index in [1.54, 1.807) is 6.07 Å². The Morgan fingerprint density at radius 3 is 2.63 bits per heavy atom. The lowest BCUT2D eigenvalue weighted by atomic mass is 9.84. The molecule has 2 heterocycles. The van der Waals surface area contributed by atoms with E-state index in [1.165, 1.54) is 12.1 Å². The molecule has 2 unspecified atom stereocenters. The molecule has 0 saturated carbocycles. The average Bonchev–Trinajstić information content (AvgIpc) is 2.76. The standard InChI is InChI=1S/C15H15FN2O/c16-14-3-1-2-12(13(14)8-17)15(19)9-6-10-4-5-11(7-9)18-10/h1-3,9-11,18H,4-7H2. The van der Waals surface area contributed by atoms with Crippen LogP contribution in [0.5, 0.6) is 0 Å². The molecule has 19 heavy (non-hydrogen) atoms. The van der Waals surface area contributed by atoms with Crippen LogP contribution in [0.15, 0.2) is 18.2 Å². The maximum absolute atomic E-state index is 13.6. The van der Waals surface area contributed by atoms with Crippen molar-refractivity contribution < 1.29 is 9.18 Å². The first-order valence-electron chi connectivity index (χ1n) is 6.68. The molecule has 2 bridgehead atoms. The molecule has 4 heteroatoms. The number of piperidine rings is 1. The molecule has 1 N–H and O–H groups in total. The van der Waals surface area contributed by atoms with Crippen LogP contribution in [0, 0.1) is 23.1 Å². The van der Waals surface area contributed by atoms with E-state index in [0.717, 1.165) is 25.7 Å². The minimum atomic E-state index is -0.606. The summed E-state index contributed by atoms with van der Waals surface area (Å²) < 4.78 is 13.6. The van der Waals surface area contributed by atoms with Crippen molar-refractivity contribution in [3.05, 3.63) is 35.1 Å². The molecule has 2 aliphatic heterocycles. The topological polar surface area (TPSA) is 52.9 Å². The molecule has 98 valence electrons. The van der Waals surface area contributed by atoms with Gasteiger partial charge in [-0.3, -0.25) is 4.79 Å². The third kappa shape index (κ3) is 2.15. The van der Waals surface area contributed by atoms with Crippen LogP contribution in [0.3, 0.4) is 0 Å². The maximum atomic E-state index is 13.6. The predicted octanol–water partition coefficient (Wildman–Crippen LogP) is 2.41. The Kier molecular flexibility index (Phi) is 3.08. The van der Waals surface area contributed by atoms with Gasteiger partial charge < -0.3 is 5.32 Å². The van der Waals surface area contributed by atoms with Gasteiger partial charge in [0.25, 0.3) is 0 Å². The highest BCUT2D eigenvalue weighted by molar-refractivity contribution is 6.00. The van der Waals surface area contributed by atoms with Crippen LogP contribution in [0.1, 0.15) is 41.6 Å². The van der Waals surface area contributed by atoms with Crippen LogP contribution < -0.4 is 5.32 Å². The van der Waals surface area contributed by atoms with Gasteiger partial charge >= 0.3 is 0 Å². The zero-order valence-corrected chi connectivity index (χ0v) is 10.5. The normalized spacial score (nSPS) is 28.9. The van der Waals surface area contributed by atoms with E-state index < -0.39 is 5.82 Å². The summed E-state index contributed by atoms with van der Waals surface area (Å²) in [6.45, 7) is 0. The SMILES string of the molecule is N#Cc1c(F)cccc1C(=O)C1CC2CCC(C1)N2. The highest BCUT2D eigenvalue weighted by atomic mass is 19.1. The molecule has 1 aromatic rings. The number of benzene rings is 1. The van der Waals surface area contributed by atoms with Crippen molar-refractivity contribution in [3.63, 3.8) is 0 Å². The van der Waals surface area contributed by atoms with E-state index in [0.29, 0.717) is 12.1 Å². The van der Waals surface area contributed by atoms with Crippen molar-refractivity contribution in [2.75, 3.05) is 0 Å². The number of halogens is 1. The second-order valence-corrected chi connectivity index (χ2v) is 5.44. The zero-order chi connectivity index (χ0) is 13.4. The number of hydrogen-bond donors (Lipinski definition) is 1. The number of carbonyl (C=O) groups excluding carboxylic acids is 1. The van der Waals surface area contributed by atoms with Crippen LogP contribution in [-0.4, -0.2) is 17.9 Å². The Hall–Kier alpha value is -1.73. The summed E-state index contributed by atoms with van der Waals surface area (Å²) in [7, 11) is 0. The van der Waals surface area contributed by atoms with Gasteiger partial charge in [-0.15, -0.1) is 0 Å². The van der Waals surface area contributed by atoms with Gasteiger partial charge in [-0.25, -0.2) is 4.39 Å². The zero-order valence-electron chi connectivity index (χ0n) is 10.5. The molecule has 2 atom stereocenters. The number of carbonyl (C=O) groups is 1. The van der Waals surface area contributed by atoms with Gasteiger partial charge in [-0.2, -0.15) is 5.26 Å². The lowest BCUT2D eigenvalue weighted by Crippen LogP contribution is -2.40. The Morgan fingerprint density at radius 1 is 1.32 bits per heavy atom. The number of fused-ring (bicyclic) bond motifs is 2. The first kappa shape index (κ1) is 12.3. The van der Waals surface area contributed by atoms with Crippen LogP contribution in [0.2, 0.25) is 0 Å². The van der Waals surface area contributed by atoms with Gasteiger partial charge in [-0.05, 0) is 37.8 Å². The van der Waals surface area contributed by atoms with Crippen LogP contribution in [0.25, 0.3) is 0 Å². The Morgan fingerprint density at radius 2 is 2.00 bits per heavy atom. The van der Waals surface area contributed by atoms with E-state index in [1.807, 2.05) is 6.07 Å². The summed E-state index contributed by atoms with van der Waals surface area (Å²) in [6.07, 6.45) is 3.83. The van der Waals surface area contributed by atoms with Gasteiger partial charge in [0.15, 0.2) is 5.78 Å². The van der Waals surface area contributed by atoms with Gasteiger partial charge in [0.05, 0.1) is 5.56 Å². The lowest BCUT2D eigenvalue weighted by Gasteiger charge is -2.28. The summed E-state index contributed by atoms with van der Waals surface area (Å²) >= 11 is 0. The van der Waals surface area contributed by atoms with Gasteiger partial charge in [-0.1, -0.05) is 6.07 Å². The third-order valence-electron chi connectivity index (χ3n) is 4.23. The first-order valence-corrected chi connectivity index (χ1v) is 6.68. The van der Waals surface area contributed by atoms with E-state index in [-0.39, 0.29) is 22.8 Å². The van der Waals surface area contributed by atoms with Crippen molar-refractivity contribution in [3.8, 4) is 6.07 Å². The summed E-state index contributed by atoms with van der Waals surface area (Å²) in [6, 6.07) is 6.91. The Labute approximate surface area is 111 Å². The number of ketones is 1. The van der Waals surface area contributed by atoms with Gasteiger partial charge in [0, 0.05) is 23.6 Å². The molecule has 0 aliphatic carbocycles. The van der Waals surface area contributed by atoms with Crippen molar-refractivity contribution in [1.82, 2.24) is 5.32 Å². The van der Waals surface area contributed by atoms with E-state index >= 15 is 0 Å². The lowest BCUT2D eigenvalue weighted by molar-refractivity contribution is 0.0875. The molecule has 3 nitrogen and oxygen atoms in total. The van der Waals surface area contributed by atoms with Crippen molar-refractivity contribution in [2.24, 2.45) is 5.92 Å². The quantitative estimate of drug-likeness (QED) is 0.829. The smallest absolute Gasteiger partial charge is 0.167 e. The number of rotatable bonds is 2. The molecule has 2 aliphatic rings. The molecule has 0 spiro atoms. The number of nitrogens with zero attached hydrogens (tertiary/aromatic N) is 1. The fourth-order valence-corrected chi connectivity index (χ4v) is 3.33. The summed E-state index contributed by atoms with van der Waals surface area (Å²) in [5.41, 5.74) is 0.132. The number of nitrogens with one attached hydrogen (secondary N) is 1. The molecule has 2 saturated heterocycles. The fourth-order valence-electron chi connectivity index (χ4n) is 3.33. The number of hydrogen-bond acceptors (Lipinski definition) is 3. The minimum Gasteiger partial charge on any atom is -0.311 e. The van der Waals surface area contributed by atoms with Crippen LogP contribution >= 0.6 is 0 Å². The third-order valence-corrected chi connectivity index (χ3v) is 4.23. The maximum Gasteiger partial charge on any atom is 0.167 e. The molecule has 3 rings (SSSR count). The molecule has 0 aromatic heterocycles. The monoisotopic (exact) mass is 258 g/mol. The van der Waals surface area contributed by atoms with Crippen LogP contribution in [0.4, 0.5) is 4.39 Å². The van der Waals surface area contributed by atoms with Crippen molar-refractivity contribution in [1.29, 1.82) is 5.26 Å². The molecule has 0 radical (unpaired) electrons. The predicted molar refractivity (Wildman–Crippen MR) is 68.1 cm³/mol. The van der Waals surface area contributed by atoms with E-state index in [2.05, 4.69) is 5.32 Å². The average molecular weight is 258 g/mol. The summed E-state index contributed by atoms with van der Waals surface area (Å²) in [5, 5.41) is 12.5. The van der Waals surface area contributed by atoms with Crippen molar-refractivity contribution in [2.45, 2.75) is 37.8 Å². The molecular formula is C15H15FN2O. The molecule has 2 fully saturated rings. The van der Waals surface area contributed by atoms with Gasteiger partial charge in [0.1, 0.15) is 11.9 Å². The number of Topliss-reactive ketones (excluding diaryl/α,β-unsaturated/α-hetero) is 1. The second kappa shape index (κ2) is 4.75. The van der Waals surface area contributed by atoms with Crippen molar-refractivity contribution >= 4 is 5.78 Å². The second-order valence-electron chi connectivity index (χ2n) is 5.44. The molecular weight excluding hydrogens is 243 g/mol. The number of nitriles is 1. The Bertz CT molecular complexity index is 552. The fraction of sp³-hybridized carbons (Fsp3) is 0.467. The summed E-state index contributed by atoms with van der Waals surface area (Å²) in [4.78, 5) is 12.5. The minimum absolute atomic E-state index is 0.0746. The van der Waals surface area contributed by atoms with Crippen LogP contribution in [-0.2, 0) is 0 Å². The van der Waals surface area contributed by atoms with E-state index in [4.69, 9.17) is 5.26 Å². The molecule has 0 amide bonds. The molecule has 1 aromatic carbocycles.